The number of hydrogen-bond donors (Lipinski definition) is 0. The van der Waals surface area contributed by atoms with Crippen LogP contribution in [0.5, 0.6) is 0 Å². The molecule has 0 spiro atoms. The van der Waals surface area contributed by atoms with Crippen LogP contribution in [0, 0.1) is 24.5 Å². The van der Waals surface area contributed by atoms with Crippen molar-refractivity contribution >= 4 is 32.8 Å². The van der Waals surface area contributed by atoms with E-state index in [4.69, 9.17) is 9.40 Å². The van der Waals surface area contributed by atoms with Crippen molar-refractivity contribution in [2.75, 3.05) is 0 Å². The number of aryl methyl sites for hydroxylation is 1. The molecule has 3 aromatic carbocycles. The monoisotopic (exact) mass is 726 g/mol. The summed E-state index contributed by atoms with van der Waals surface area (Å²) in [6.45, 7) is 8.74. The Morgan fingerprint density at radius 3 is 2.26 bits per heavy atom. The number of pyridine rings is 3. The number of rotatable bonds is 3. The molecule has 1 radical (unpaired) electrons. The molecule has 4 heterocycles. The Hall–Kier alpha value is -4.18. The third kappa shape index (κ3) is 6.33. The first-order valence-corrected chi connectivity index (χ1v) is 13.8. The second-order valence-electron chi connectivity index (χ2n) is 11.5. The van der Waals surface area contributed by atoms with Crippen LogP contribution < -0.4 is 0 Å². The summed E-state index contributed by atoms with van der Waals surface area (Å²) in [6.07, 6.45) is 4.59. The number of fused-ring (bicyclic) bond motifs is 5. The Morgan fingerprint density at radius 2 is 1.55 bits per heavy atom. The van der Waals surface area contributed by atoms with Gasteiger partial charge in [-0.1, -0.05) is 74.2 Å². The molecule has 0 aliphatic heterocycles. The van der Waals surface area contributed by atoms with Crippen LogP contribution in [0.4, 0.5) is 0 Å². The van der Waals surface area contributed by atoms with Gasteiger partial charge in [-0.15, -0.1) is 54.1 Å². The zero-order chi connectivity index (χ0) is 28.4. The van der Waals surface area contributed by atoms with E-state index in [1.165, 1.54) is 0 Å². The first kappa shape index (κ1) is 29.3. The summed E-state index contributed by atoms with van der Waals surface area (Å²) in [5.41, 5.74) is 8.73. The topological polar surface area (TPSA) is 51.8 Å². The molecule has 7 aromatic rings. The summed E-state index contributed by atoms with van der Waals surface area (Å²) in [7, 11) is 0. The third-order valence-corrected chi connectivity index (χ3v) is 6.85. The van der Waals surface area contributed by atoms with Gasteiger partial charge in [0, 0.05) is 49.0 Å². The first-order valence-electron chi connectivity index (χ1n) is 13.8. The van der Waals surface area contributed by atoms with E-state index in [9.17, 15) is 0 Å². The number of hydrogen-bond acceptors (Lipinski definition) is 4. The SMILES string of the molecule is Cc1ccc(-c2[c-]ccc3c2oc2c3ccc3ccc(CC(C)(C)C)nc32)nc1.[Ir].[c-]1ccccc1-c1ccccn1. The summed E-state index contributed by atoms with van der Waals surface area (Å²) in [5, 5.41) is 3.24. The van der Waals surface area contributed by atoms with E-state index in [-0.39, 0.29) is 25.5 Å². The van der Waals surface area contributed by atoms with Crippen molar-refractivity contribution in [2.24, 2.45) is 5.41 Å². The molecule has 4 aromatic heterocycles. The van der Waals surface area contributed by atoms with Gasteiger partial charge in [0.15, 0.2) is 0 Å². The molecule has 0 bridgehead atoms. The molecule has 0 fully saturated rings. The molecule has 0 atom stereocenters. The van der Waals surface area contributed by atoms with Gasteiger partial charge in [0.05, 0.1) is 5.58 Å². The van der Waals surface area contributed by atoms with Crippen LogP contribution in [-0.2, 0) is 26.5 Å². The van der Waals surface area contributed by atoms with Crippen LogP contribution in [0.2, 0.25) is 0 Å². The van der Waals surface area contributed by atoms with Crippen LogP contribution in [0.1, 0.15) is 32.0 Å². The van der Waals surface area contributed by atoms with Crippen molar-refractivity contribution in [3.8, 4) is 22.5 Å². The van der Waals surface area contributed by atoms with E-state index in [1.807, 2.05) is 67.7 Å². The van der Waals surface area contributed by atoms with E-state index in [0.29, 0.717) is 0 Å². The largest absolute Gasteiger partial charge is 0.498 e. The maximum absolute atomic E-state index is 6.43. The van der Waals surface area contributed by atoms with Crippen molar-refractivity contribution < 1.29 is 24.5 Å². The fraction of sp³-hybridized carbons (Fsp3) is 0.162. The van der Waals surface area contributed by atoms with Crippen LogP contribution in [-0.4, -0.2) is 15.0 Å². The molecule has 7 rings (SSSR count). The first-order chi connectivity index (χ1) is 19.9. The Kier molecular flexibility index (Phi) is 8.63. The molecule has 0 N–H and O–H groups in total. The average Bonchev–Trinajstić information content (AvgIpc) is 3.38. The zero-order valence-corrected chi connectivity index (χ0v) is 26.5. The van der Waals surface area contributed by atoms with Crippen LogP contribution >= 0.6 is 0 Å². The molecule has 0 aliphatic carbocycles. The number of aromatic nitrogens is 3. The second-order valence-corrected chi connectivity index (χ2v) is 11.5. The maximum Gasteiger partial charge on any atom is 0.147 e. The third-order valence-electron chi connectivity index (χ3n) is 6.85. The quantitative estimate of drug-likeness (QED) is 0.171. The molecule has 4 nitrogen and oxygen atoms in total. The van der Waals surface area contributed by atoms with Crippen molar-refractivity contribution in [2.45, 2.75) is 34.1 Å². The van der Waals surface area contributed by atoms with Gasteiger partial charge >= 0.3 is 0 Å². The number of benzene rings is 3. The molecular formula is C37H31IrN3O-2. The molecule has 0 saturated carbocycles. The Labute approximate surface area is 260 Å². The van der Waals surface area contributed by atoms with Gasteiger partial charge < -0.3 is 14.4 Å². The summed E-state index contributed by atoms with van der Waals surface area (Å²) >= 11 is 0. The van der Waals surface area contributed by atoms with E-state index < -0.39 is 0 Å². The normalized spacial score (nSPS) is 11.2. The molecule has 0 amide bonds. The molecule has 42 heavy (non-hydrogen) atoms. The maximum atomic E-state index is 6.43. The molecule has 211 valence electrons. The Morgan fingerprint density at radius 1 is 0.738 bits per heavy atom. The summed E-state index contributed by atoms with van der Waals surface area (Å²) in [6, 6.07) is 36.7. The minimum atomic E-state index is 0. The summed E-state index contributed by atoms with van der Waals surface area (Å²) < 4.78 is 6.43. The fourth-order valence-electron chi connectivity index (χ4n) is 4.95. The molecule has 0 unspecified atom stereocenters. The summed E-state index contributed by atoms with van der Waals surface area (Å²) in [4.78, 5) is 13.8. The van der Waals surface area contributed by atoms with E-state index in [2.05, 4.69) is 79.3 Å². The minimum Gasteiger partial charge on any atom is -0.498 e. The van der Waals surface area contributed by atoms with Gasteiger partial charge in [-0.2, -0.15) is 0 Å². The molecule has 5 heteroatoms. The number of nitrogens with zero attached hydrogens (tertiary/aromatic N) is 3. The van der Waals surface area contributed by atoms with Crippen molar-refractivity contribution in [1.82, 2.24) is 15.0 Å². The molecular weight excluding hydrogens is 695 g/mol. The van der Waals surface area contributed by atoms with Gasteiger partial charge in [-0.3, -0.25) is 0 Å². The van der Waals surface area contributed by atoms with Crippen LogP contribution in [0.3, 0.4) is 0 Å². The van der Waals surface area contributed by atoms with Gasteiger partial charge in [-0.25, -0.2) is 4.98 Å². The molecule has 0 saturated heterocycles. The van der Waals surface area contributed by atoms with E-state index >= 15 is 0 Å². The van der Waals surface area contributed by atoms with Crippen LogP contribution in [0.15, 0.2) is 108 Å². The van der Waals surface area contributed by atoms with Gasteiger partial charge in [0.2, 0.25) is 0 Å². The predicted molar refractivity (Wildman–Crippen MR) is 167 cm³/mol. The van der Waals surface area contributed by atoms with Crippen molar-refractivity contribution in [3.05, 3.63) is 127 Å². The molecule has 0 aliphatic rings. The van der Waals surface area contributed by atoms with Crippen molar-refractivity contribution in [3.63, 3.8) is 0 Å². The Balaban J connectivity index is 0.000000228. The fourth-order valence-corrected chi connectivity index (χ4v) is 4.95. The minimum absolute atomic E-state index is 0. The number of furan rings is 1. The van der Waals surface area contributed by atoms with Crippen LogP contribution in [0.25, 0.3) is 55.4 Å². The second kappa shape index (κ2) is 12.4. The van der Waals surface area contributed by atoms with Gasteiger partial charge in [0.25, 0.3) is 0 Å². The summed E-state index contributed by atoms with van der Waals surface area (Å²) in [5.74, 6) is 0. The standard InChI is InChI=1S/C26H23N2O.C11H8N.Ir/c1-16-8-13-22(27-15-16)21-7-5-6-19-20-12-10-17-9-11-18(14-26(2,3)4)28-23(17)25(20)29-24(19)21;1-2-6-10(7-3-1)11-8-4-5-9-12-11;/h5-6,8-13,15H,14H2,1-4H3;1-6,8-9H;/q2*-1;. The average molecular weight is 726 g/mol. The Bertz CT molecular complexity index is 1900. The van der Waals surface area contributed by atoms with E-state index in [0.717, 1.165) is 73.0 Å². The smallest absolute Gasteiger partial charge is 0.147 e. The van der Waals surface area contributed by atoms with Crippen molar-refractivity contribution in [1.29, 1.82) is 0 Å². The zero-order valence-electron chi connectivity index (χ0n) is 24.1. The van der Waals surface area contributed by atoms with E-state index in [1.54, 1.807) is 6.20 Å². The van der Waals surface area contributed by atoms with Gasteiger partial charge in [0.1, 0.15) is 11.1 Å². The predicted octanol–water partition coefficient (Wildman–Crippen LogP) is 9.44. The van der Waals surface area contributed by atoms with Gasteiger partial charge in [-0.05, 0) is 47.8 Å².